The molecule has 1 heterocycles. The van der Waals surface area contributed by atoms with Gasteiger partial charge in [-0.3, -0.25) is 14.4 Å². The van der Waals surface area contributed by atoms with Gasteiger partial charge in [0.1, 0.15) is 22.1 Å². The van der Waals surface area contributed by atoms with Crippen LogP contribution in [0.25, 0.3) is 0 Å². The average Bonchev–Trinajstić information content (AvgIpc) is 2.94. The Hall–Kier alpha value is -2.75. The van der Waals surface area contributed by atoms with E-state index in [9.17, 15) is 27.6 Å². The van der Waals surface area contributed by atoms with Crippen LogP contribution in [0.15, 0.2) is 17.8 Å². The van der Waals surface area contributed by atoms with E-state index in [1.54, 1.807) is 5.32 Å². The third-order valence-corrected chi connectivity index (χ3v) is 5.19. The van der Waals surface area contributed by atoms with E-state index in [-0.39, 0.29) is 34.3 Å². The van der Waals surface area contributed by atoms with Crippen molar-refractivity contribution in [3.63, 3.8) is 0 Å². The summed E-state index contributed by atoms with van der Waals surface area (Å²) in [6.45, 7) is 1.45. The molecular formula is C18H15ClF3NO6. The first-order valence-electron chi connectivity index (χ1n) is 8.28. The van der Waals surface area contributed by atoms with Gasteiger partial charge in [-0.25, -0.2) is 0 Å². The normalized spacial score (nSPS) is 23.4. The third-order valence-electron chi connectivity index (χ3n) is 4.83. The second-order valence-corrected chi connectivity index (χ2v) is 6.93. The monoisotopic (exact) mass is 433 g/mol. The minimum absolute atomic E-state index is 0.0220. The highest BCUT2D eigenvalue weighted by molar-refractivity contribution is 6.35. The molecule has 29 heavy (non-hydrogen) atoms. The summed E-state index contributed by atoms with van der Waals surface area (Å²) in [5.41, 5.74) is -2.81. The van der Waals surface area contributed by atoms with Crippen molar-refractivity contribution in [3.8, 4) is 17.2 Å². The number of carbonyl (C=O) groups is 3. The zero-order chi connectivity index (χ0) is 21.7. The second kappa shape index (κ2) is 6.94. The smallest absolute Gasteiger partial charge is 0.471 e. The van der Waals surface area contributed by atoms with Gasteiger partial charge in [-0.2, -0.15) is 13.2 Å². The van der Waals surface area contributed by atoms with E-state index in [4.69, 9.17) is 25.8 Å². The molecule has 0 saturated heterocycles. The van der Waals surface area contributed by atoms with Crippen LogP contribution in [0.4, 0.5) is 13.2 Å². The molecule has 1 aliphatic heterocycles. The Morgan fingerprint density at radius 3 is 2.45 bits per heavy atom. The van der Waals surface area contributed by atoms with Crippen LogP contribution in [-0.2, 0) is 9.59 Å². The van der Waals surface area contributed by atoms with Crippen LogP contribution in [0, 0.1) is 5.92 Å². The van der Waals surface area contributed by atoms with Gasteiger partial charge in [0.25, 0.3) is 0 Å². The highest BCUT2D eigenvalue weighted by Crippen LogP contribution is 2.54. The van der Waals surface area contributed by atoms with Crippen LogP contribution in [0.1, 0.15) is 23.7 Å². The predicted molar refractivity (Wildman–Crippen MR) is 93.3 cm³/mol. The van der Waals surface area contributed by atoms with E-state index < -0.39 is 40.9 Å². The van der Waals surface area contributed by atoms with Crippen LogP contribution < -0.4 is 19.5 Å². The summed E-state index contributed by atoms with van der Waals surface area (Å²) in [5.74, 6) is -4.64. The molecule has 1 aromatic rings. The Morgan fingerprint density at radius 1 is 1.28 bits per heavy atom. The number of hydrogen-bond acceptors (Lipinski definition) is 6. The molecule has 1 spiro atoms. The standard InChI is InChI=1S/C18H15ClF3NO6/c1-7-4-8(24)5-11(23-16(26)18(20,21)22)17(7)15(25)12-9(27-2)6-10(28-3)13(19)14(12)29-17/h5-7H,4H2,1-3H3,(H,23,26)/t7-,17+/m1/s1. The molecule has 2 aliphatic rings. The van der Waals surface area contributed by atoms with Crippen molar-refractivity contribution in [1.82, 2.24) is 5.32 Å². The van der Waals surface area contributed by atoms with Gasteiger partial charge in [0, 0.05) is 24.5 Å². The van der Waals surface area contributed by atoms with Gasteiger partial charge < -0.3 is 19.5 Å². The number of hydrogen-bond donors (Lipinski definition) is 1. The molecule has 0 unspecified atom stereocenters. The molecule has 1 aromatic carbocycles. The molecule has 1 amide bonds. The van der Waals surface area contributed by atoms with Crippen LogP contribution in [0.2, 0.25) is 5.02 Å². The van der Waals surface area contributed by atoms with Crippen molar-refractivity contribution < 1.29 is 41.8 Å². The first-order chi connectivity index (χ1) is 13.5. The zero-order valence-corrected chi connectivity index (χ0v) is 16.2. The average molecular weight is 434 g/mol. The van der Waals surface area contributed by atoms with E-state index >= 15 is 0 Å². The molecule has 1 N–H and O–H groups in total. The Balaban J connectivity index is 2.19. The SMILES string of the molecule is COc1cc(OC)c2c(c1Cl)O[C@]1(C2=O)C(NC(=O)C(F)(F)F)=CC(=O)C[C@H]1C. The van der Waals surface area contributed by atoms with Crippen LogP contribution >= 0.6 is 11.6 Å². The molecule has 7 nitrogen and oxygen atoms in total. The lowest BCUT2D eigenvalue weighted by atomic mass is 9.74. The van der Waals surface area contributed by atoms with Gasteiger partial charge in [-0.05, 0) is 0 Å². The number of ether oxygens (including phenoxy) is 3. The van der Waals surface area contributed by atoms with E-state index in [1.807, 2.05) is 0 Å². The fraction of sp³-hybridized carbons (Fsp3) is 0.389. The van der Waals surface area contributed by atoms with Crippen molar-refractivity contribution in [1.29, 1.82) is 0 Å². The van der Waals surface area contributed by atoms with Gasteiger partial charge in [0.2, 0.25) is 11.4 Å². The first kappa shape index (κ1) is 21.0. The molecule has 0 radical (unpaired) electrons. The Morgan fingerprint density at radius 2 is 1.90 bits per heavy atom. The number of rotatable bonds is 3. The van der Waals surface area contributed by atoms with Gasteiger partial charge in [0.15, 0.2) is 11.5 Å². The third kappa shape index (κ3) is 3.11. The summed E-state index contributed by atoms with van der Waals surface area (Å²) in [6.07, 6.45) is -4.66. The number of Topliss-reactive ketones (excluding diaryl/α,β-unsaturated/α-hetero) is 1. The maximum atomic E-state index is 13.4. The van der Waals surface area contributed by atoms with E-state index in [1.165, 1.54) is 27.2 Å². The Bertz CT molecular complexity index is 958. The summed E-state index contributed by atoms with van der Waals surface area (Å²) in [7, 11) is 2.59. The van der Waals surface area contributed by atoms with Gasteiger partial charge in [0.05, 0.1) is 19.9 Å². The molecule has 11 heteroatoms. The second-order valence-electron chi connectivity index (χ2n) is 6.55. The largest absolute Gasteiger partial charge is 0.496 e. The minimum atomic E-state index is -5.24. The first-order valence-corrected chi connectivity index (χ1v) is 8.66. The van der Waals surface area contributed by atoms with Gasteiger partial charge in [-0.15, -0.1) is 0 Å². The summed E-state index contributed by atoms with van der Waals surface area (Å²) < 4.78 is 54.5. The van der Waals surface area contributed by atoms with Gasteiger partial charge in [-0.1, -0.05) is 18.5 Å². The topological polar surface area (TPSA) is 90.9 Å². The maximum absolute atomic E-state index is 13.4. The molecule has 0 bridgehead atoms. The maximum Gasteiger partial charge on any atom is 0.471 e. The number of methoxy groups -OCH3 is 2. The lowest BCUT2D eigenvalue weighted by molar-refractivity contribution is -0.173. The van der Waals surface area contributed by atoms with Crippen LogP contribution in [0.3, 0.4) is 0 Å². The van der Waals surface area contributed by atoms with E-state index in [2.05, 4.69) is 0 Å². The number of benzene rings is 1. The van der Waals surface area contributed by atoms with Crippen LogP contribution in [0.5, 0.6) is 17.2 Å². The molecule has 0 fully saturated rings. The highest BCUT2D eigenvalue weighted by atomic mass is 35.5. The van der Waals surface area contributed by atoms with E-state index in [0.717, 1.165) is 6.08 Å². The van der Waals surface area contributed by atoms with Crippen molar-refractivity contribution in [2.75, 3.05) is 14.2 Å². The number of allylic oxidation sites excluding steroid dienone is 1. The highest BCUT2D eigenvalue weighted by Gasteiger charge is 2.60. The molecule has 2 atom stereocenters. The molecule has 1 aliphatic carbocycles. The van der Waals surface area contributed by atoms with Crippen molar-refractivity contribution >= 4 is 29.1 Å². The quantitative estimate of drug-likeness (QED) is 0.788. The van der Waals surface area contributed by atoms with Crippen molar-refractivity contribution in [2.45, 2.75) is 25.1 Å². The summed E-state index contributed by atoms with van der Waals surface area (Å²) in [4.78, 5) is 36.9. The van der Waals surface area contributed by atoms with Crippen LogP contribution in [-0.4, -0.2) is 43.5 Å². The molecular weight excluding hydrogens is 419 g/mol. The van der Waals surface area contributed by atoms with Gasteiger partial charge >= 0.3 is 12.1 Å². The zero-order valence-electron chi connectivity index (χ0n) is 15.4. The van der Waals surface area contributed by atoms with E-state index in [0.29, 0.717) is 0 Å². The predicted octanol–water partition coefficient (Wildman–Crippen LogP) is 2.84. The number of nitrogens with one attached hydrogen (secondary N) is 1. The number of carbonyl (C=O) groups excluding carboxylic acids is 3. The Labute approximate surface area is 167 Å². The molecule has 0 saturated carbocycles. The Kier molecular flexibility index (Phi) is 5.02. The lowest BCUT2D eigenvalue weighted by Crippen LogP contribution is -2.56. The molecule has 156 valence electrons. The molecule has 3 rings (SSSR count). The molecule has 0 aromatic heterocycles. The fourth-order valence-electron chi connectivity index (χ4n) is 3.46. The number of alkyl halides is 3. The number of fused-ring (bicyclic) bond motifs is 1. The fourth-order valence-corrected chi connectivity index (χ4v) is 3.73. The van der Waals surface area contributed by atoms with Crippen molar-refractivity contribution in [3.05, 3.63) is 28.4 Å². The summed E-state index contributed by atoms with van der Waals surface area (Å²) in [6, 6.07) is 1.33. The number of amides is 1. The minimum Gasteiger partial charge on any atom is -0.496 e. The lowest BCUT2D eigenvalue weighted by Gasteiger charge is -2.37. The number of halogens is 4. The van der Waals surface area contributed by atoms with Crippen molar-refractivity contribution in [2.24, 2.45) is 5.92 Å². The number of ketones is 2. The summed E-state index contributed by atoms with van der Waals surface area (Å²) in [5, 5.41) is 1.52. The summed E-state index contributed by atoms with van der Waals surface area (Å²) >= 11 is 6.24.